The van der Waals surface area contributed by atoms with Crippen LogP contribution in [0, 0.1) is 13.8 Å². The van der Waals surface area contributed by atoms with E-state index in [-0.39, 0.29) is 5.91 Å². The molecule has 0 aliphatic heterocycles. The number of nitrogens with zero attached hydrogens (tertiary/aromatic N) is 1. The molecule has 0 unspecified atom stereocenters. The number of hydrogen-bond donors (Lipinski definition) is 1. The van der Waals surface area contributed by atoms with E-state index in [2.05, 4.69) is 10.3 Å². The van der Waals surface area contributed by atoms with Gasteiger partial charge in [0, 0.05) is 28.4 Å². The minimum absolute atomic E-state index is 0.115. The third-order valence-electron chi connectivity index (χ3n) is 3.56. The monoisotopic (exact) mass is 308 g/mol. The number of carbonyl (C=O) groups is 1. The fourth-order valence-electron chi connectivity index (χ4n) is 2.34. The summed E-state index contributed by atoms with van der Waals surface area (Å²) in [5, 5.41) is 7.03. The van der Waals surface area contributed by atoms with Crippen molar-refractivity contribution >= 4 is 22.9 Å². The number of anilines is 1. The Morgan fingerprint density at radius 3 is 2.59 bits per heavy atom. The highest BCUT2D eigenvalue weighted by molar-refractivity contribution is 7.08. The molecule has 0 aliphatic carbocycles. The SMILES string of the molecule is Cc1cccc(C)c1NC(=O)c1ccnc(-c2ccsc2)c1. The van der Waals surface area contributed by atoms with Crippen LogP contribution in [-0.2, 0) is 0 Å². The molecule has 0 saturated heterocycles. The minimum atomic E-state index is -0.115. The summed E-state index contributed by atoms with van der Waals surface area (Å²) in [6.45, 7) is 3.98. The lowest BCUT2D eigenvalue weighted by atomic mass is 10.1. The van der Waals surface area contributed by atoms with Crippen LogP contribution in [0.15, 0.2) is 53.4 Å². The Hall–Kier alpha value is -2.46. The van der Waals surface area contributed by atoms with Crippen LogP contribution < -0.4 is 5.32 Å². The molecule has 22 heavy (non-hydrogen) atoms. The first-order valence-electron chi connectivity index (χ1n) is 7.01. The molecule has 3 nitrogen and oxygen atoms in total. The van der Waals surface area contributed by atoms with Gasteiger partial charge in [-0.15, -0.1) is 0 Å². The van der Waals surface area contributed by atoms with Crippen molar-refractivity contribution in [3.8, 4) is 11.3 Å². The molecule has 3 aromatic rings. The molecular weight excluding hydrogens is 292 g/mol. The molecule has 0 atom stereocenters. The first kappa shape index (κ1) is 14.5. The maximum atomic E-state index is 12.5. The van der Waals surface area contributed by atoms with E-state index in [4.69, 9.17) is 0 Å². The highest BCUT2D eigenvalue weighted by Crippen LogP contribution is 2.23. The third kappa shape index (κ3) is 2.92. The highest BCUT2D eigenvalue weighted by Gasteiger charge is 2.11. The Bertz CT molecular complexity index is 789. The van der Waals surface area contributed by atoms with Gasteiger partial charge in [0.2, 0.25) is 0 Å². The standard InChI is InChI=1S/C18H16N2OS/c1-12-4-3-5-13(2)17(12)20-18(21)14-6-8-19-16(10-14)15-7-9-22-11-15/h3-11H,1-2H3,(H,20,21). The first-order chi connectivity index (χ1) is 10.6. The van der Waals surface area contributed by atoms with Gasteiger partial charge in [0.05, 0.1) is 5.69 Å². The second-order valence-electron chi connectivity index (χ2n) is 5.16. The average molecular weight is 308 g/mol. The molecule has 2 heterocycles. The lowest BCUT2D eigenvalue weighted by molar-refractivity contribution is 0.102. The molecule has 1 N–H and O–H groups in total. The Morgan fingerprint density at radius 1 is 1.14 bits per heavy atom. The molecule has 0 fully saturated rings. The molecule has 4 heteroatoms. The van der Waals surface area contributed by atoms with Crippen LogP contribution in [0.5, 0.6) is 0 Å². The molecule has 0 radical (unpaired) electrons. The summed E-state index contributed by atoms with van der Waals surface area (Å²) >= 11 is 1.61. The topological polar surface area (TPSA) is 42.0 Å². The van der Waals surface area contributed by atoms with Gasteiger partial charge < -0.3 is 5.32 Å². The van der Waals surface area contributed by atoms with E-state index in [1.807, 2.05) is 54.9 Å². The summed E-state index contributed by atoms with van der Waals surface area (Å²) in [6.07, 6.45) is 1.67. The smallest absolute Gasteiger partial charge is 0.255 e. The second kappa shape index (κ2) is 6.12. The zero-order valence-corrected chi connectivity index (χ0v) is 13.3. The van der Waals surface area contributed by atoms with Gasteiger partial charge in [-0.25, -0.2) is 0 Å². The second-order valence-corrected chi connectivity index (χ2v) is 5.94. The summed E-state index contributed by atoms with van der Waals surface area (Å²) in [7, 11) is 0. The van der Waals surface area contributed by atoms with E-state index in [0.29, 0.717) is 5.56 Å². The Labute approximate surface area is 133 Å². The van der Waals surface area contributed by atoms with Gasteiger partial charge in [-0.05, 0) is 48.6 Å². The van der Waals surface area contributed by atoms with Crippen LogP contribution >= 0.6 is 11.3 Å². The fraction of sp³-hybridized carbons (Fsp3) is 0.111. The molecule has 0 saturated carbocycles. The number of aryl methyl sites for hydroxylation is 2. The molecule has 0 aliphatic rings. The van der Waals surface area contributed by atoms with Crippen LogP contribution in [-0.4, -0.2) is 10.9 Å². The van der Waals surface area contributed by atoms with Crippen molar-refractivity contribution in [2.45, 2.75) is 13.8 Å². The predicted octanol–water partition coefficient (Wildman–Crippen LogP) is 4.68. The third-order valence-corrected chi connectivity index (χ3v) is 4.24. The van der Waals surface area contributed by atoms with Gasteiger partial charge in [0.15, 0.2) is 0 Å². The number of hydrogen-bond acceptors (Lipinski definition) is 3. The normalized spacial score (nSPS) is 10.5. The quantitative estimate of drug-likeness (QED) is 0.763. The molecule has 0 spiro atoms. The van der Waals surface area contributed by atoms with E-state index >= 15 is 0 Å². The van der Waals surface area contributed by atoms with Crippen molar-refractivity contribution in [3.05, 3.63) is 70.0 Å². The van der Waals surface area contributed by atoms with E-state index < -0.39 is 0 Å². The van der Waals surface area contributed by atoms with Crippen LogP contribution in [0.1, 0.15) is 21.5 Å². The van der Waals surface area contributed by atoms with E-state index in [0.717, 1.165) is 28.1 Å². The van der Waals surface area contributed by atoms with Crippen LogP contribution in [0.4, 0.5) is 5.69 Å². The first-order valence-corrected chi connectivity index (χ1v) is 7.95. The van der Waals surface area contributed by atoms with Crippen molar-refractivity contribution < 1.29 is 4.79 Å². The zero-order chi connectivity index (χ0) is 15.5. The molecule has 0 bridgehead atoms. The van der Waals surface area contributed by atoms with Gasteiger partial charge in [-0.3, -0.25) is 9.78 Å². The molecular formula is C18H16N2OS. The maximum absolute atomic E-state index is 12.5. The summed E-state index contributed by atoms with van der Waals surface area (Å²) in [5.74, 6) is -0.115. The predicted molar refractivity (Wildman–Crippen MR) is 91.4 cm³/mol. The van der Waals surface area contributed by atoms with Crippen LogP contribution in [0.3, 0.4) is 0 Å². The zero-order valence-electron chi connectivity index (χ0n) is 12.5. The highest BCUT2D eigenvalue weighted by atomic mass is 32.1. The number of rotatable bonds is 3. The summed E-state index contributed by atoms with van der Waals surface area (Å²) in [4.78, 5) is 16.8. The van der Waals surface area contributed by atoms with Gasteiger partial charge >= 0.3 is 0 Å². The van der Waals surface area contributed by atoms with Crippen molar-refractivity contribution in [1.29, 1.82) is 0 Å². The lowest BCUT2D eigenvalue weighted by Crippen LogP contribution is -2.14. The van der Waals surface area contributed by atoms with Crippen molar-refractivity contribution in [2.75, 3.05) is 5.32 Å². The number of amides is 1. The number of nitrogens with one attached hydrogen (secondary N) is 1. The Morgan fingerprint density at radius 2 is 1.91 bits per heavy atom. The Balaban J connectivity index is 1.88. The molecule has 1 amide bonds. The Kier molecular flexibility index (Phi) is 4.02. The van der Waals surface area contributed by atoms with Crippen molar-refractivity contribution in [3.63, 3.8) is 0 Å². The lowest BCUT2D eigenvalue weighted by Gasteiger charge is -2.11. The fourth-order valence-corrected chi connectivity index (χ4v) is 2.99. The van der Waals surface area contributed by atoms with Gasteiger partial charge in [0.1, 0.15) is 0 Å². The van der Waals surface area contributed by atoms with E-state index in [1.54, 1.807) is 23.6 Å². The number of thiophene rings is 1. The van der Waals surface area contributed by atoms with E-state index in [1.165, 1.54) is 0 Å². The van der Waals surface area contributed by atoms with E-state index in [9.17, 15) is 4.79 Å². The van der Waals surface area contributed by atoms with Crippen molar-refractivity contribution in [2.24, 2.45) is 0 Å². The van der Waals surface area contributed by atoms with Gasteiger partial charge in [-0.2, -0.15) is 11.3 Å². The maximum Gasteiger partial charge on any atom is 0.255 e. The summed E-state index contributed by atoms with van der Waals surface area (Å²) in [5.41, 5.74) is 5.45. The number of para-hydroxylation sites is 1. The largest absolute Gasteiger partial charge is 0.322 e. The van der Waals surface area contributed by atoms with Gasteiger partial charge in [0.25, 0.3) is 5.91 Å². The number of pyridine rings is 1. The molecule has 3 rings (SSSR count). The number of benzene rings is 1. The summed E-state index contributed by atoms with van der Waals surface area (Å²) in [6, 6.07) is 11.5. The van der Waals surface area contributed by atoms with Crippen LogP contribution in [0.2, 0.25) is 0 Å². The van der Waals surface area contributed by atoms with Crippen LogP contribution in [0.25, 0.3) is 11.3 Å². The summed E-state index contributed by atoms with van der Waals surface area (Å²) < 4.78 is 0. The van der Waals surface area contributed by atoms with Gasteiger partial charge in [-0.1, -0.05) is 18.2 Å². The number of aromatic nitrogens is 1. The molecule has 1 aromatic carbocycles. The number of carbonyl (C=O) groups excluding carboxylic acids is 1. The minimum Gasteiger partial charge on any atom is -0.322 e. The van der Waals surface area contributed by atoms with Crippen molar-refractivity contribution in [1.82, 2.24) is 4.98 Å². The average Bonchev–Trinajstić information content (AvgIpc) is 3.05. The molecule has 110 valence electrons. The molecule has 2 aromatic heterocycles.